The van der Waals surface area contributed by atoms with Crippen molar-refractivity contribution >= 4 is 11.3 Å². The van der Waals surface area contributed by atoms with E-state index in [-0.39, 0.29) is 6.61 Å². The fourth-order valence-corrected chi connectivity index (χ4v) is 3.59. The molecule has 0 saturated heterocycles. The first-order chi connectivity index (χ1) is 11.7. The molecule has 0 saturated carbocycles. The number of aryl methyl sites for hydroxylation is 1. The molecule has 0 aliphatic rings. The lowest BCUT2D eigenvalue weighted by Gasteiger charge is -2.21. The maximum Gasteiger partial charge on any atom is 0.138 e. The fraction of sp³-hybridized carbons (Fsp3) is 0.333. The van der Waals surface area contributed by atoms with Gasteiger partial charge in [0.15, 0.2) is 0 Å². The summed E-state index contributed by atoms with van der Waals surface area (Å²) in [5.41, 5.74) is 2.26. The Balaban J connectivity index is 1.67. The van der Waals surface area contributed by atoms with Crippen molar-refractivity contribution in [3.05, 3.63) is 64.4 Å². The largest absolute Gasteiger partial charge is 0.396 e. The highest BCUT2D eigenvalue weighted by Crippen LogP contribution is 2.19. The summed E-state index contributed by atoms with van der Waals surface area (Å²) in [5.74, 6) is 0. The van der Waals surface area contributed by atoms with E-state index < -0.39 is 0 Å². The Morgan fingerprint density at radius 2 is 1.96 bits per heavy atom. The van der Waals surface area contributed by atoms with Gasteiger partial charge in [0, 0.05) is 36.0 Å². The van der Waals surface area contributed by atoms with Crippen molar-refractivity contribution in [2.24, 2.45) is 0 Å². The zero-order chi connectivity index (χ0) is 16.8. The number of hydrogen-bond donors (Lipinski definition) is 1. The van der Waals surface area contributed by atoms with Gasteiger partial charge in [-0.15, -0.1) is 11.3 Å². The van der Waals surface area contributed by atoms with Crippen molar-refractivity contribution in [3.8, 4) is 5.69 Å². The monoisotopic (exact) mass is 342 g/mol. The third-order valence-corrected chi connectivity index (χ3v) is 4.82. The molecule has 1 N–H and O–H groups in total. The van der Waals surface area contributed by atoms with E-state index in [9.17, 15) is 0 Å². The van der Waals surface area contributed by atoms with E-state index in [1.165, 1.54) is 21.6 Å². The van der Waals surface area contributed by atoms with Crippen LogP contribution in [0.3, 0.4) is 0 Å². The Morgan fingerprint density at radius 1 is 1.12 bits per heavy atom. The number of aliphatic hydroxyl groups is 1. The van der Waals surface area contributed by atoms with Gasteiger partial charge in [-0.2, -0.15) is 5.10 Å². The van der Waals surface area contributed by atoms with Crippen LogP contribution < -0.4 is 0 Å². The zero-order valence-electron chi connectivity index (χ0n) is 13.8. The molecular formula is C18H22N4OS. The molecule has 126 valence electrons. The van der Waals surface area contributed by atoms with E-state index in [0.29, 0.717) is 0 Å². The highest BCUT2D eigenvalue weighted by atomic mass is 32.1. The first-order valence-electron chi connectivity index (χ1n) is 8.07. The summed E-state index contributed by atoms with van der Waals surface area (Å²) in [4.78, 5) is 9.06. The lowest BCUT2D eigenvalue weighted by Crippen LogP contribution is -2.24. The summed E-state index contributed by atoms with van der Waals surface area (Å²) < 4.78 is 1.75. The molecule has 3 rings (SSSR count). The van der Waals surface area contributed by atoms with Crippen LogP contribution in [0.25, 0.3) is 5.69 Å². The van der Waals surface area contributed by atoms with Crippen molar-refractivity contribution in [2.75, 3.05) is 13.2 Å². The van der Waals surface area contributed by atoms with Gasteiger partial charge in [0.25, 0.3) is 0 Å². The molecule has 2 heterocycles. The molecule has 0 aliphatic heterocycles. The van der Waals surface area contributed by atoms with Gasteiger partial charge < -0.3 is 5.11 Å². The maximum absolute atomic E-state index is 9.15. The number of benzene rings is 1. The predicted octanol–water partition coefficient (Wildman–Crippen LogP) is 3.02. The highest BCUT2D eigenvalue weighted by Gasteiger charge is 2.09. The first kappa shape index (κ1) is 16.8. The molecule has 0 radical (unpaired) electrons. The Kier molecular flexibility index (Phi) is 5.74. The number of rotatable bonds is 8. The highest BCUT2D eigenvalue weighted by molar-refractivity contribution is 7.11. The summed E-state index contributed by atoms with van der Waals surface area (Å²) >= 11 is 1.84. The smallest absolute Gasteiger partial charge is 0.138 e. The normalized spacial score (nSPS) is 11.3. The SMILES string of the molecule is Cc1ccc(CN(CCCO)Cc2ccc(-n3cncn3)cc2)s1. The van der Waals surface area contributed by atoms with Crippen molar-refractivity contribution in [1.29, 1.82) is 0 Å². The molecule has 3 aromatic rings. The van der Waals surface area contributed by atoms with Gasteiger partial charge in [-0.05, 0) is 43.2 Å². The molecule has 1 aromatic carbocycles. The minimum absolute atomic E-state index is 0.227. The quantitative estimate of drug-likeness (QED) is 0.684. The van der Waals surface area contributed by atoms with Crippen molar-refractivity contribution in [3.63, 3.8) is 0 Å². The van der Waals surface area contributed by atoms with Crippen LogP contribution in [-0.4, -0.2) is 37.9 Å². The lowest BCUT2D eigenvalue weighted by molar-refractivity contribution is 0.214. The molecular weight excluding hydrogens is 320 g/mol. The topological polar surface area (TPSA) is 54.2 Å². The third kappa shape index (κ3) is 4.50. The molecule has 6 heteroatoms. The van der Waals surface area contributed by atoms with Crippen LogP contribution in [0, 0.1) is 6.92 Å². The van der Waals surface area contributed by atoms with Gasteiger partial charge in [-0.25, -0.2) is 9.67 Å². The van der Waals surface area contributed by atoms with Crippen LogP contribution >= 0.6 is 11.3 Å². The predicted molar refractivity (Wildman–Crippen MR) is 96.2 cm³/mol. The van der Waals surface area contributed by atoms with Crippen LogP contribution in [0.15, 0.2) is 49.1 Å². The first-order valence-corrected chi connectivity index (χ1v) is 8.89. The van der Waals surface area contributed by atoms with Crippen LogP contribution in [0.2, 0.25) is 0 Å². The standard InChI is InChI=1S/C18H22N4OS/c1-15-3-8-18(24-15)12-21(9-2-10-23)11-16-4-6-17(7-5-16)22-14-19-13-20-22/h3-8,13-14,23H,2,9-12H2,1H3. The van der Waals surface area contributed by atoms with Gasteiger partial charge in [0.2, 0.25) is 0 Å². The number of aromatic nitrogens is 3. The van der Waals surface area contributed by atoms with Gasteiger partial charge in [-0.3, -0.25) is 4.90 Å². The Labute approximate surface area is 146 Å². The number of hydrogen-bond acceptors (Lipinski definition) is 5. The zero-order valence-corrected chi connectivity index (χ0v) is 14.6. The Hall–Kier alpha value is -2.02. The Morgan fingerprint density at radius 3 is 2.58 bits per heavy atom. The molecule has 0 amide bonds. The van der Waals surface area contributed by atoms with Crippen LogP contribution in [-0.2, 0) is 13.1 Å². The number of aliphatic hydroxyl groups excluding tert-OH is 1. The number of nitrogens with zero attached hydrogens (tertiary/aromatic N) is 4. The molecule has 0 bridgehead atoms. The van der Waals surface area contributed by atoms with Gasteiger partial charge in [-0.1, -0.05) is 12.1 Å². The minimum atomic E-state index is 0.227. The second-order valence-corrected chi connectivity index (χ2v) is 7.18. The number of thiophene rings is 1. The average Bonchev–Trinajstić information content (AvgIpc) is 3.25. The molecule has 2 aromatic heterocycles. The van der Waals surface area contributed by atoms with Gasteiger partial charge >= 0.3 is 0 Å². The van der Waals surface area contributed by atoms with E-state index in [0.717, 1.165) is 31.7 Å². The van der Waals surface area contributed by atoms with E-state index in [1.807, 2.05) is 11.3 Å². The van der Waals surface area contributed by atoms with E-state index in [2.05, 4.69) is 58.3 Å². The van der Waals surface area contributed by atoms with E-state index in [1.54, 1.807) is 11.0 Å². The van der Waals surface area contributed by atoms with Crippen LogP contribution in [0.1, 0.15) is 21.7 Å². The van der Waals surface area contributed by atoms with Crippen molar-refractivity contribution in [1.82, 2.24) is 19.7 Å². The average molecular weight is 342 g/mol. The van der Waals surface area contributed by atoms with Gasteiger partial charge in [0.1, 0.15) is 12.7 Å². The summed E-state index contributed by atoms with van der Waals surface area (Å²) in [7, 11) is 0. The Bertz CT molecular complexity index is 737. The van der Waals surface area contributed by atoms with E-state index in [4.69, 9.17) is 5.11 Å². The third-order valence-electron chi connectivity index (χ3n) is 3.83. The molecule has 0 atom stereocenters. The summed E-state index contributed by atoms with van der Waals surface area (Å²) in [6.45, 7) is 5.04. The second-order valence-electron chi connectivity index (χ2n) is 5.81. The molecule has 0 aliphatic carbocycles. The molecule has 0 unspecified atom stereocenters. The van der Waals surface area contributed by atoms with Crippen LogP contribution in [0.5, 0.6) is 0 Å². The molecule has 0 fully saturated rings. The minimum Gasteiger partial charge on any atom is -0.396 e. The second kappa shape index (κ2) is 8.19. The summed E-state index contributed by atoms with van der Waals surface area (Å²) in [5, 5.41) is 13.3. The van der Waals surface area contributed by atoms with Crippen molar-refractivity contribution < 1.29 is 5.11 Å². The summed E-state index contributed by atoms with van der Waals surface area (Å²) in [6, 6.07) is 12.7. The fourth-order valence-electron chi connectivity index (χ4n) is 2.65. The van der Waals surface area contributed by atoms with E-state index >= 15 is 0 Å². The van der Waals surface area contributed by atoms with Crippen LogP contribution in [0.4, 0.5) is 0 Å². The molecule has 24 heavy (non-hydrogen) atoms. The lowest BCUT2D eigenvalue weighted by atomic mass is 10.2. The molecule has 5 nitrogen and oxygen atoms in total. The van der Waals surface area contributed by atoms with Crippen molar-refractivity contribution in [2.45, 2.75) is 26.4 Å². The summed E-state index contributed by atoms with van der Waals surface area (Å²) in [6.07, 6.45) is 4.02. The maximum atomic E-state index is 9.15. The van der Waals surface area contributed by atoms with Gasteiger partial charge in [0.05, 0.1) is 5.69 Å². The molecule has 0 spiro atoms.